The average Bonchev–Trinajstić information content (AvgIpc) is 3.04. The monoisotopic (exact) mass is 295 g/mol. The standard InChI is InChI=1S/C16H13N3O3/c1-22-16-9-5-2-6-12(16)13-10-11-18(17-13)14-7-3-4-8-15(14)19(20)21/h2-11H,1H3. The van der Waals surface area contributed by atoms with Gasteiger partial charge in [-0.25, -0.2) is 4.68 Å². The Hall–Kier alpha value is -3.15. The fraction of sp³-hybridized carbons (Fsp3) is 0.0625. The minimum Gasteiger partial charge on any atom is -0.496 e. The number of hydrogen-bond donors (Lipinski definition) is 0. The Morgan fingerprint density at radius 1 is 1.09 bits per heavy atom. The molecule has 3 aromatic rings. The SMILES string of the molecule is COc1ccccc1-c1ccn(-c2ccccc2[N+](=O)[O-])n1. The summed E-state index contributed by atoms with van der Waals surface area (Å²) in [5.41, 5.74) is 1.96. The Kier molecular flexibility index (Phi) is 3.57. The molecule has 6 heteroatoms. The van der Waals surface area contributed by atoms with E-state index in [4.69, 9.17) is 4.74 Å². The Morgan fingerprint density at radius 3 is 2.59 bits per heavy atom. The van der Waals surface area contributed by atoms with E-state index in [-0.39, 0.29) is 5.69 Å². The van der Waals surface area contributed by atoms with E-state index in [1.165, 1.54) is 10.7 Å². The second kappa shape index (κ2) is 5.69. The van der Waals surface area contributed by atoms with E-state index >= 15 is 0 Å². The highest BCUT2D eigenvalue weighted by atomic mass is 16.6. The van der Waals surface area contributed by atoms with E-state index in [0.717, 1.165) is 5.56 Å². The van der Waals surface area contributed by atoms with E-state index in [0.29, 0.717) is 17.1 Å². The van der Waals surface area contributed by atoms with Crippen molar-refractivity contribution in [1.29, 1.82) is 0 Å². The van der Waals surface area contributed by atoms with Crippen molar-refractivity contribution in [2.45, 2.75) is 0 Å². The van der Waals surface area contributed by atoms with Crippen LogP contribution in [-0.2, 0) is 0 Å². The highest BCUT2D eigenvalue weighted by molar-refractivity contribution is 5.67. The van der Waals surface area contributed by atoms with Crippen LogP contribution in [0.1, 0.15) is 0 Å². The van der Waals surface area contributed by atoms with Crippen molar-refractivity contribution in [3.8, 4) is 22.7 Å². The van der Waals surface area contributed by atoms with Crippen LogP contribution in [0.15, 0.2) is 60.8 Å². The normalized spacial score (nSPS) is 10.4. The molecule has 0 aliphatic heterocycles. The van der Waals surface area contributed by atoms with E-state index < -0.39 is 4.92 Å². The topological polar surface area (TPSA) is 70.2 Å². The molecule has 0 fully saturated rings. The maximum absolute atomic E-state index is 11.1. The van der Waals surface area contributed by atoms with Crippen LogP contribution in [0.25, 0.3) is 16.9 Å². The van der Waals surface area contributed by atoms with Gasteiger partial charge >= 0.3 is 0 Å². The summed E-state index contributed by atoms with van der Waals surface area (Å²) in [6, 6.07) is 15.8. The Morgan fingerprint density at radius 2 is 1.82 bits per heavy atom. The minimum absolute atomic E-state index is 0.0113. The van der Waals surface area contributed by atoms with Crippen LogP contribution in [-0.4, -0.2) is 21.8 Å². The van der Waals surface area contributed by atoms with Crippen LogP contribution in [0.2, 0.25) is 0 Å². The zero-order chi connectivity index (χ0) is 15.5. The number of hydrogen-bond acceptors (Lipinski definition) is 4. The fourth-order valence-electron chi connectivity index (χ4n) is 2.27. The molecule has 0 N–H and O–H groups in total. The first-order valence-electron chi connectivity index (χ1n) is 6.63. The van der Waals surface area contributed by atoms with Gasteiger partial charge < -0.3 is 4.74 Å². The summed E-state index contributed by atoms with van der Waals surface area (Å²) < 4.78 is 6.82. The number of aromatic nitrogens is 2. The van der Waals surface area contributed by atoms with Crippen molar-refractivity contribution < 1.29 is 9.66 Å². The summed E-state index contributed by atoms with van der Waals surface area (Å²) in [5.74, 6) is 0.704. The van der Waals surface area contributed by atoms with Crippen LogP contribution in [0, 0.1) is 10.1 Å². The number of nitrogens with zero attached hydrogens (tertiary/aromatic N) is 3. The van der Waals surface area contributed by atoms with Gasteiger partial charge in [0.1, 0.15) is 11.4 Å². The van der Waals surface area contributed by atoms with Crippen LogP contribution in [0.5, 0.6) is 5.75 Å². The molecule has 0 unspecified atom stereocenters. The van der Waals surface area contributed by atoms with Crippen molar-refractivity contribution in [3.63, 3.8) is 0 Å². The van der Waals surface area contributed by atoms with Gasteiger partial charge in [-0.05, 0) is 24.3 Å². The van der Waals surface area contributed by atoms with Crippen LogP contribution in [0.3, 0.4) is 0 Å². The zero-order valence-corrected chi connectivity index (χ0v) is 11.8. The maximum Gasteiger partial charge on any atom is 0.294 e. The molecule has 0 radical (unpaired) electrons. The molecule has 110 valence electrons. The summed E-state index contributed by atoms with van der Waals surface area (Å²) in [6.45, 7) is 0. The molecular weight excluding hydrogens is 282 g/mol. The van der Waals surface area contributed by atoms with Gasteiger partial charge in [-0.3, -0.25) is 10.1 Å². The molecule has 1 aromatic heterocycles. The molecule has 2 aromatic carbocycles. The van der Waals surface area contributed by atoms with Crippen molar-refractivity contribution >= 4 is 5.69 Å². The van der Waals surface area contributed by atoms with Crippen molar-refractivity contribution in [1.82, 2.24) is 9.78 Å². The first-order chi connectivity index (χ1) is 10.7. The van der Waals surface area contributed by atoms with Crippen molar-refractivity contribution in [3.05, 3.63) is 70.9 Å². The lowest BCUT2D eigenvalue weighted by Crippen LogP contribution is -2.00. The van der Waals surface area contributed by atoms with Crippen molar-refractivity contribution in [2.75, 3.05) is 7.11 Å². The maximum atomic E-state index is 11.1. The van der Waals surface area contributed by atoms with Crippen LogP contribution in [0.4, 0.5) is 5.69 Å². The number of ether oxygens (including phenoxy) is 1. The van der Waals surface area contributed by atoms with E-state index in [1.807, 2.05) is 24.3 Å². The third kappa shape index (κ3) is 2.42. The van der Waals surface area contributed by atoms with Gasteiger partial charge in [0.15, 0.2) is 0 Å². The molecule has 0 saturated carbocycles. The van der Waals surface area contributed by atoms with Gasteiger partial charge in [0.25, 0.3) is 5.69 Å². The highest BCUT2D eigenvalue weighted by Crippen LogP contribution is 2.29. The summed E-state index contributed by atoms with van der Waals surface area (Å²) in [7, 11) is 1.60. The van der Waals surface area contributed by atoms with Gasteiger partial charge in [-0.2, -0.15) is 5.10 Å². The van der Waals surface area contributed by atoms with Gasteiger partial charge in [0.2, 0.25) is 0 Å². The predicted molar refractivity (Wildman–Crippen MR) is 82.2 cm³/mol. The summed E-state index contributed by atoms with van der Waals surface area (Å²) in [4.78, 5) is 10.7. The fourth-order valence-corrected chi connectivity index (χ4v) is 2.27. The van der Waals surface area contributed by atoms with Crippen molar-refractivity contribution in [2.24, 2.45) is 0 Å². The molecule has 0 spiro atoms. The highest BCUT2D eigenvalue weighted by Gasteiger charge is 2.16. The molecule has 0 aliphatic carbocycles. The first-order valence-corrected chi connectivity index (χ1v) is 6.63. The molecule has 0 atom stereocenters. The molecule has 22 heavy (non-hydrogen) atoms. The zero-order valence-electron chi connectivity index (χ0n) is 11.8. The number of methoxy groups -OCH3 is 1. The minimum atomic E-state index is -0.417. The lowest BCUT2D eigenvalue weighted by molar-refractivity contribution is -0.384. The van der Waals surface area contributed by atoms with Gasteiger partial charge in [0.05, 0.1) is 17.7 Å². The molecule has 0 aliphatic rings. The largest absolute Gasteiger partial charge is 0.496 e. The molecule has 0 bridgehead atoms. The molecule has 3 rings (SSSR count). The third-order valence-corrected chi connectivity index (χ3v) is 3.30. The Labute approximate surface area is 126 Å². The number of rotatable bonds is 4. The molecule has 1 heterocycles. The molecular formula is C16H13N3O3. The third-order valence-electron chi connectivity index (χ3n) is 3.30. The molecule has 0 saturated heterocycles. The number of nitro groups is 1. The van der Waals surface area contributed by atoms with Gasteiger partial charge in [-0.15, -0.1) is 0 Å². The number of para-hydroxylation sites is 3. The number of nitro benzene ring substituents is 1. The predicted octanol–water partition coefficient (Wildman–Crippen LogP) is 3.46. The second-order valence-electron chi connectivity index (χ2n) is 4.59. The Bertz CT molecular complexity index is 827. The summed E-state index contributed by atoms with van der Waals surface area (Å²) in [6.07, 6.45) is 1.70. The van der Waals surface area contributed by atoms with Crippen LogP contribution < -0.4 is 4.74 Å². The second-order valence-corrected chi connectivity index (χ2v) is 4.59. The lowest BCUT2D eigenvalue weighted by atomic mass is 10.1. The quantitative estimate of drug-likeness (QED) is 0.546. The molecule has 6 nitrogen and oxygen atoms in total. The summed E-state index contributed by atoms with van der Waals surface area (Å²) in [5, 5.41) is 15.6. The Balaban J connectivity index is 2.07. The number of benzene rings is 2. The van der Waals surface area contributed by atoms with E-state index in [2.05, 4.69) is 5.10 Å². The smallest absolute Gasteiger partial charge is 0.294 e. The summed E-state index contributed by atoms with van der Waals surface area (Å²) >= 11 is 0. The van der Waals surface area contributed by atoms with Gasteiger partial charge in [0, 0.05) is 17.8 Å². The molecule has 0 amide bonds. The van der Waals surface area contributed by atoms with Crippen LogP contribution >= 0.6 is 0 Å². The lowest BCUT2D eigenvalue weighted by Gasteiger charge is -2.05. The average molecular weight is 295 g/mol. The van der Waals surface area contributed by atoms with E-state index in [9.17, 15) is 10.1 Å². The first kappa shape index (κ1) is 13.8. The van der Waals surface area contributed by atoms with E-state index in [1.54, 1.807) is 37.6 Å². The van der Waals surface area contributed by atoms with Gasteiger partial charge in [-0.1, -0.05) is 24.3 Å².